The zero-order valence-electron chi connectivity index (χ0n) is 18.1. The van der Waals surface area contributed by atoms with E-state index >= 15 is 0 Å². The summed E-state index contributed by atoms with van der Waals surface area (Å²) in [5.41, 5.74) is 5.88. The van der Waals surface area contributed by atoms with Gasteiger partial charge in [-0.3, -0.25) is 0 Å². The van der Waals surface area contributed by atoms with Gasteiger partial charge in [-0.15, -0.1) is 0 Å². The highest BCUT2D eigenvalue weighted by Gasteiger charge is 2.25. The van der Waals surface area contributed by atoms with Gasteiger partial charge < -0.3 is 15.5 Å². The summed E-state index contributed by atoms with van der Waals surface area (Å²) in [5.74, 6) is 1.79. The number of likely N-dealkylation sites (tertiary alicyclic amines) is 1. The first-order valence-corrected chi connectivity index (χ1v) is 11.4. The molecule has 0 amide bonds. The van der Waals surface area contributed by atoms with Crippen molar-refractivity contribution in [3.63, 3.8) is 0 Å². The van der Waals surface area contributed by atoms with Crippen molar-refractivity contribution in [3.8, 4) is 0 Å². The molecule has 31 heavy (non-hydrogen) atoms. The van der Waals surface area contributed by atoms with E-state index in [1.807, 2.05) is 24.5 Å². The fourth-order valence-electron chi connectivity index (χ4n) is 4.66. The Kier molecular flexibility index (Phi) is 5.80. The number of hydrogen-bond donors (Lipinski definition) is 2. The van der Waals surface area contributed by atoms with Crippen molar-refractivity contribution >= 4 is 17.5 Å². The topological polar surface area (TPSA) is 66.0 Å². The minimum Gasteiger partial charge on any atom is -0.369 e. The van der Waals surface area contributed by atoms with Crippen LogP contribution in [0.2, 0.25) is 0 Å². The zero-order chi connectivity index (χ0) is 21.0. The van der Waals surface area contributed by atoms with Crippen molar-refractivity contribution in [1.82, 2.24) is 19.9 Å². The van der Waals surface area contributed by atoms with Gasteiger partial charge in [-0.05, 0) is 68.6 Å². The van der Waals surface area contributed by atoms with Crippen molar-refractivity contribution in [2.45, 2.75) is 38.5 Å². The number of pyridine rings is 1. The second-order valence-corrected chi connectivity index (χ2v) is 8.61. The molecule has 0 saturated carbocycles. The molecule has 0 bridgehead atoms. The fourth-order valence-corrected chi connectivity index (χ4v) is 4.66. The highest BCUT2D eigenvalue weighted by Crippen LogP contribution is 2.33. The Morgan fingerprint density at radius 1 is 1.06 bits per heavy atom. The summed E-state index contributed by atoms with van der Waals surface area (Å²) in [6, 6.07) is 12.8. The molecule has 2 aliphatic heterocycles. The van der Waals surface area contributed by atoms with Crippen LogP contribution in [0.25, 0.3) is 0 Å². The van der Waals surface area contributed by atoms with Crippen molar-refractivity contribution < 1.29 is 0 Å². The van der Waals surface area contributed by atoms with E-state index in [0.717, 1.165) is 36.7 Å². The Bertz CT molecular complexity index is 1040. The third-order valence-corrected chi connectivity index (χ3v) is 6.42. The minimum absolute atomic E-state index is 0.200. The second kappa shape index (κ2) is 9.02. The molecule has 1 atom stereocenters. The summed E-state index contributed by atoms with van der Waals surface area (Å²) in [7, 11) is 0. The SMILES string of the molecule is Cc1cc(CCN2CCCCC2)ccc1Nc1nccc(C2CNc3ncccc32)n1. The van der Waals surface area contributed by atoms with Crippen molar-refractivity contribution in [2.75, 3.05) is 36.8 Å². The molecule has 0 radical (unpaired) electrons. The maximum Gasteiger partial charge on any atom is 0.227 e. The van der Waals surface area contributed by atoms with Gasteiger partial charge in [0.15, 0.2) is 0 Å². The number of aromatic nitrogens is 3. The van der Waals surface area contributed by atoms with Crippen LogP contribution in [-0.2, 0) is 6.42 Å². The first-order chi connectivity index (χ1) is 15.3. The molecule has 1 fully saturated rings. The average molecular weight is 415 g/mol. The van der Waals surface area contributed by atoms with Crippen LogP contribution in [-0.4, -0.2) is 46.0 Å². The Morgan fingerprint density at radius 3 is 2.84 bits per heavy atom. The highest BCUT2D eigenvalue weighted by molar-refractivity contribution is 5.60. The lowest BCUT2D eigenvalue weighted by molar-refractivity contribution is 0.231. The Balaban J connectivity index is 1.26. The van der Waals surface area contributed by atoms with E-state index in [2.05, 4.69) is 56.7 Å². The number of fused-ring (bicyclic) bond motifs is 1. The lowest BCUT2D eigenvalue weighted by Gasteiger charge is -2.26. The molecule has 160 valence electrons. The van der Waals surface area contributed by atoms with E-state index in [1.165, 1.54) is 49.0 Å². The van der Waals surface area contributed by atoms with Gasteiger partial charge in [0.1, 0.15) is 5.82 Å². The molecule has 2 N–H and O–H groups in total. The predicted octanol–water partition coefficient (Wildman–Crippen LogP) is 4.51. The number of nitrogens with one attached hydrogen (secondary N) is 2. The van der Waals surface area contributed by atoms with Crippen LogP contribution in [0, 0.1) is 6.92 Å². The highest BCUT2D eigenvalue weighted by atomic mass is 15.1. The van der Waals surface area contributed by atoms with Crippen LogP contribution in [0.1, 0.15) is 47.6 Å². The molecule has 1 aromatic carbocycles. The molecule has 1 unspecified atom stereocenters. The standard InChI is InChI=1S/C25H30N6/c1-18-16-19(10-15-31-13-3-2-4-14-31)7-8-22(18)29-25-27-12-9-23(30-25)21-17-28-24-20(21)6-5-11-26-24/h5-9,11-12,16,21H,2-4,10,13-15,17H2,1H3,(H,26,28)(H,27,29,30). The van der Waals surface area contributed by atoms with Crippen LogP contribution in [0.3, 0.4) is 0 Å². The first kappa shape index (κ1) is 19.9. The van der Waals surface area contributed by atoms with Gasteiger partial charge >= 0.3 is 0 Å². The van der Waals surface area contributed by atoms with Crippen molar-refractivity contribution in [3.05, 3.63) is 71.2 Å². The second-order valence-electron chi connectivity index (χ2n) is 8.61. The lowest BCUT2D eigenvalue weighted by atomic mass is 9.99. The third-order valence-electron chi connectivity index (χ3n) is 6.42. The summed E-state index contributed by atoms with van der Waals surface area (Å²) in [5, 5.41) is 6.80. The average Bonchev–Trinajstić information content (AvgIpc) is 3.24. The van der Waals surface area contributed by atoms with E-state index in [-0.39, 0.29) is 5.92 Å². The maximum atomic E-state index is 4.81. The fraction of sp³-hybridized carbons (Fsp3) is 0.400. The van der Waals surface area contributed by atoms with Crippen LogP contribution in [0.5, 0.6) is 0 Å². The quantitative estimate of drug-likeness (QED) is 0.619. The van der Waals surface area contributed by atoms with Gasteiger partial charge in [0, 0.05) is 42.7 Å². The molecule has 1 saturated heterocycles. The van der Waals surface area contributed by atoms with Crippen LogP contribution in [0.4, 0.5) is 17.5 Å². The van der Waals surface area contributed by atoms with Crippen LogP contribution < -0.4 is 10.6 Å². The van der Waals surface area contributed by atoms with E-state index in [9.17, 15) is 0 Å². The number of anilines is 3. The predicted molar refractivity (Wildman–Crippen MR) is 125 cm³/mol. The van der Waals surface area contributed by atoms with E-state index in [1.54, 1.807) is 0 Å². The Morgan fingerprint density at radius 2 is 1.97 bits per heavy atom. The summed E-state index contributed by atoms with van der Waals surface area (Å²) in [4.78, 5) is 16.3. The Labute approximate surface area is 184 Å². The number of piperidine rings is 1. The largest absolute Gasteiger partial charge is 0.369 e. The zero-order valence-corrected chi connectivity index (χ0v) is 18.1. The van der Waals surface area contributed by atoms with Gasteiger partial charge in [-0.2, -0.15) is 0 Å². The summed E-state index contributed by atoms with van der Waals surface area (Å²) in [6.45, 7) is 6.63. The van der Waals surface area contributed by atoms with Crippen molar-refractivity contribution in [2.24, 2.45) is 0 Å². The molecule has 2 aromatic heterocycles. The number of aryl methyl sites for hydroxylation is 1. The van der Waals surface area contributed by atoms with Gasteiger partial charge in [-0.1, -0.05) is 24.6 Å². The van der Waals surface area contributed by atoms with Gasteiger partial charge in [0.2, 0.25) is 5.95 Å². The van der Waals surface area contributed by atoms with E-state index in [4.69, 9.17) is 4.98 Å². The summed E-state index contributed by atoms with van der Waals surface area (Å²) in [6.07, 6.45) is 8.84. The smallest absolute Gasteiger partial charge is 0.227 e. The molecular formula is C25H30N6. The molecule has 6 nitrogen and oxygen atoms in total. The van der Waals surface area contributed by atoms with E-state index in [0.29, 0.717) is 5.95 Å². The van der Waals surface area contributed by atoms with Crippen molar-refractivity contribution in [1.29, 1.82) is 0 Å². The molecule has 6 heteroatoms. The number of rotatable bonds is 6. The normalized spacial score (nSPS) is 18.4. The molecule has 2 aliphatic rings. The summed E-state index contributed by atoms with van der Waals surface area (Å²) >= 11 is 0. The minimum atomic E-state index is 0.200. The first-order valence-electron chi connectivity index (χ1n) is 11.4. The third kappa shape index (κ3) is 4.54. The number of nitrogens with zero attached hydrogens (tertiary/aromatic N) is 4. The maximum absolute atomic E-state index is 4.81. The number of benzene rings is 1. The van der Waals surface area contributed by atoms with Crippen LogP contribution in [0.15, 0.2) is 48.8 Å². The molecule has 5 rings (SSSR count). The lowest BCUT2D eigenvalue weighted by Crippen LogP contribution is -2.31. The monoisotopic (exact) mass is 414 g/mol. The Hall–Kier alpha value is -2.99. The molecule has 0 spiro atoms. The van der Waals surface area contributed by atoms with Crippen LogP contribution >= 0.6 is 0 Å². The molecule has 0 aliphatic carbocycles. The summed E-state index contributed by atoms with van der Waals surface area (Å²) < 4.78 is 0. The van der Waals surface area contributed by atoms with Gasteiger partial charge in [0.25, 0.3) is 0 Å². The van der Waals surface area contributed by atoms with E-state index < -0.39 is 0 Å². The molecule has 3 aromatic rings. The van der Waals surface area contributed by atoms with Gasteiger partial charge in [-0.25, -0.2) is 15.0 Å². The molecular weight excluding hydrogens is 384 g/mol. The number of hydrogen-bond acceptors (Lipinski definition) is 6. The van der Waals surface area contributed by atoms with Gasteiger partial charge in [0.05, 0.1) is 5.69 Å². The molecule has 4 heterocycles.